The number of hydrogen-bond acceptors (Lipinski definition) is 2. The maximum atomic E-state index is 12.2. The average Bonchev–Trinajstić information content (AvgIpc) is 3.21. The number of carbonyl (C=O) groups is 1. The minimum absolute atomic E-state index is 0.212. The van der Waals surface area contributed by atoms with Gasteiger partial charge in [-0.05, 0) is 37.0 Å². The number of rotatable bonds is 5. The van der Waals surface area contributed by atoms with Gasteiger partial charge >= 0.3 is 0 Å². The van der Waals surface area contributed by atoms with Gasteiger partial charge in [0.25, 0.3) is 0 Å². The van der Waals surface area contributed by atoms with E-state index in [1.807, 2.05) is 17.0 Å². The van der Waals surface area contributed by atoms with Crippen LogP contribution in [0.2, 0.25) is 0 Å². The Morgan fingerprint density at radius 1 is 1.39 bits per heavy atom. The number of hydrogen-bond donors (Lipinski definition) is 0. The van der Waals surface area contributed by atoms with E-state index in [-0.39, 0.29) is 5.91 Å². The third-order valence-electron chi connectivity index (χ3n) is 3.21. The Bertz CT molecular complexity index is 454. The molecule has 1 saturated carbocycles. The molecule has 1 aromatic carbocycles. The van der Waals surface area contributed by atoms with E-state index in [1.54, 1.807) is 12.1 Å². The summed E-state index contributed by atoms with van der Waals surface area (Å²) in [7, 11) is 0. The SMILES string of the molecule is CCCN(C(=O)Cc1ccc(C#N)cc1)C1CC1. The molecule has 1 amide bonds. The van der Waals surface area contributed by atoms with Crippen molar-refractivity contribution in [3.05, 3.63) is 35.4 Å². The molecule has 0 aromatic heterocycles. The van der Waals surface area contributed by atoms with Crippen LogP contribution in [0.4, 0.5) is 0 Å². The van der Waals surface area contributed by atoms with Crippen LogP contribution in [-0.2, 0) is 11.2 Å². The van der Waals surface area contributed by atoms with Crippen LogP contribution in [-0.4, -0.2) is 23.4 Å². The summed E-state index contributed by atoms with van der Waals surface area (Å²) in [6.07, 6.45) is 3.76. The fourth-order valence-corrected chi connectivity index (χ4v) is 2.11. The van der Waals surface area contributed by atoms with Gasteiger partial charge in [-0.25, -0.2) is 0 Å². The highest BCUT2D eigenvalue weighted by Crippen LogP contribution is 2.27. The summed E-state index contributed by atoms with van der Waals surface area (Å²) in [5.41, 5.74) is 1.62. The van der Waals surface area contributed by atoms with Crippen LogP contribution in [0.1, 0.15) is 37.3 Å². The van der Waals surface area contributed by atoms with Crippen molar-refractivity contribution in [3.8, 4) is 6.07 Å². The molecule has 0 atom stereocenters. The zero-order chi connectivity index (χ0) is 13.0. The van der Waals surface area contributed by atoms with Gasteiger partial charge in [0.15, 0.2) is 0 Å². The molecule has 1 fully saturated rings. The lowest BCUT2D eigenvalue weighted by molar-refractivity contribution is -0.131. The van der Waals surface area contributed by atoms with Crippen molar-refractivity contribution in [2.75, 3.05) is 6.54 Å². The van der Waals surface area contributed by atoms with Crippen LogP contribution in [0.3, 0.4) is 0 Å². The summed E-state index contributed by atoms with van der Waals surface area (Å²) in [6, 6.07) is 9.84. The highest BCUT2D eigenvalue weighted by Gasteiger charge is 2.31. The van der Waals surface area contributed by atoms with Crippen LogP contribution >= 0.6 is 0 Å². The molecule has 2 rings (SSSR count). The Morgan fingerprint density at radius 3 is 2.56 bits per heavy atom. The smallest absolute Gasteiger partial charge is 0.227 e. The summed E-state index contributed by atoms with van der Waals surface area (Å²) in [4.78, 5) is 14.2. The molecule has 0 radical (unpaired) electrons. The van der Waals surface area contributed by atoms with Crippen molar-refractivity contribution >= 4 is 5.91 Å². The minimum Gasteiger partial charge on any atom is -0.339 e. The molecule has 0 N–H and O–H groups in total. The molecular weight excluding hydrogens is 224 g/mol. The maximum Gasteiger partial charge on any atom is 0.227 e. The van der Waals surface area contributed by atoms with E-state index >= 15 is 0 Å². The molecule has 1 aliphatic rings. The number of nitriles is 1. The van der Waals surface area contributed by atoms with Gasteiger partial charge in [0.05, 0.1) is 18.1 Å². The molecule has 3 nitrogen and oxygen atoms in total. The second-order valence-electron chi connectivity index (χ2n) is 4.80. The highest BCUT2D eigenvalue weighted by molar-refractivity contribution is 5.79. The number of amides is 1. The van der Waals surface area contributed by atoms with E-state index < -0.39 is 0 Å². The van der Waals surface area contributed by atoms with E-state index in [0.717, 1.165) is 31.4 Å². The topological polar surface area (TPSA) is 44.1 Å². The highest BCUT2D eigenvalue weighted by atomic mass is 16.2. The van der Waals surface area contributed by atoms with Crippen molar-refractivity contribution < 1.29 is 4.79 Å². The molecule has 3 heteroatoms. The minimum atomic E-state index is 0.212. The van der Waals surface area contributed by atoms with Gasteiger partial charge in [-0.15, -0.1) is 0 Å². The fraction of sp³-hybridized carbons (Fsp3) is 0.467. The molecule has 1 aliphatic carbocycles. The Hall–Kier alpha value is -1.82. The van der Waals surface area contributed by atoms with Gasteiger partial charge in [-0.1, -0.05) is 19.1 Å². The zero-order valence-corrected chi connectivity index (χ0v) is 10.7. The largest absolute Gasteiger partial charge is 0.339 e. The van der Waals surface area contributed by atoms with E-state index in [9.17, 15) is 4.79 Å². The van der Waals surface area contributed by atoms with Gasteiger partial charge in [-0.2, -0.15) is 5.26 Å². The Kier molecular flexibility index (Phi) is 3.99. The number of nitrogens with zero attached hydrogens (tertiary/aromatic N) is 2. The lowest BCUT2D eigenvalue weighted by Gasteiger charge is -2.21. The lowest BCUT2D eigenvalue weighted by Crippen LogP contribution is -2.34. The zero-order valence-electron chi connectivity index (χ0n) is 10.7. The van der Waals surface area contributed by atoms with E-state index in [4.69, 9.17) is 5.26 Å². The van der Waals surface area contributed by atoms with E-state index in [2.05, 4.69) is 13.0 Å². The number of benzene rings is 1. The Labute approximate surface area is 108 Å². The summed E-state index contributed by atoms with van der Waals surface area (Å²) in [5, 5.41) is 8.72. The molecule has 0 heterocycles. The Morgan fingerprint density at radius 2 is 2.06 bits per heavy atom. The third-order valence-corrected chi connectivity index (χ3v) is 3.21. The molecule has 0 aliphatic heterocycles. The van der Waals surface area contributed by atoms with Crippen molar-refractivity contribution in [2.45, 2.75) is 38.6 Å². The van der Waals surface area contributed by atoms with Gasteiger partial charge in [0, 0.05) is 12.6 Å². The second kappa shape index (κ2) is 5.68. The molecule has 0 bridgehead atoms. The van der Waals surface area contributed by atoms with Crippen molar-refractivity contribution in [2.24, 2.45) is 0 Å². The maximum absolute atomic E-state index is 12.2. The second-order valence-corrected chi connectivity index (χ2v) is 4.80. The van der Waals surface area contributed by atoms with E-state index in [0.29, 0.717) is 18.0 Å². The monoisotopic (exact) mass is 242 g/mol. The van der Waals surface area contributed by atoms with Gasteiger partial charge in [0.1, 0.15) is 0 Å². The molecule has 18 heavy (non-hydrogen) atoms. The Balaban J connectivity index is 1.98. The molecule has 1 aromatic rings. The standard InChI is InChI=1S/C15H18N2O/c1-2-9-17(14-7-8-14)15(18)10-12-3-5-13(11-16)6-4-12/h3-6,14H,2,7-10H2,1H3. The third kappa shape index (κ3) is 3.10. The van der Waals surface area contributed by atoms with Crippen LogP contribution in [0.15, 0.2) is 24.3 Å². The summed E-state index contributed by atoms with van der Waals surface area (Å²) in [5.74, 6) is 0.212. The lowest BCUT2D eigenvalue weighted by atomic mass is 10.1. The van der Waals surface area contributed by atoms with Crippen LogP contribution in [0.25, 0.3) is 0 Å². The van der Waals surface area contributed by atoms with Crippen molar-refractivity contribution in [1.29, 1.82) is 5.26 Å². The fourth-order valence-electron chi connectivity index (χ4n) is 2.11. The van der Waals surface area contributed by atoms with Crippen LogP contribution in [0.5, 0.6) is 0 Å². The van der Waals surface area contributed by atoms with Crippen molar-refractivity contribution in [1.82, 2.24) is 4.90 Å². The quantitative estimate of drug-likeness (QED) is 0.796. The van der Waals surface area contributed by atoms with Gasteiger partial charge in [-0.3, -0.25) is 4.79 Å². The molecule has 0 spiro atoms. The molecule has 0 saturated heterocycles. The van der Waals surface area contributed by atoms with Crippen molar-refractivity contribution in [3.63, 3.8) is 0 Å². The van der Waals surface area contributed by atoms with Crippen LogP contribution < -0.4 is 0 Å². The first-order valence-corrected chi connectivity index (χ1v) is 6.53. The first kappa shape index (κ1) is 12.6. The number of carbonyl (C=O) groups excluding carboxylic acids is 1. The van der Waals surface area contributed by atoms with Crippen LogP contribution in [0, 0.1) is 11.3 Å². The normalized spacial score (nSPS) is 14.0. The first-order valence-electron chi connectivity index (χ1n) is 6.53. The predicted molar refractivity (Wildman–Crippen MR) is 69.9 cm³/mol. The summed E-state index contributed by atoms with van der Waals surface area (Å²) >= 11 is 0. The first-order chi connectivity index (χ1) is 8.74. The molecular formula is C15H18N2O. The van der Waals surface area contributed by atoms with Gasteiger partial charge in [0.2, 0.25) is 5.91 Å². The molecule has 94 valence electrons. The summed E-state index contributed by atoms with van der Waals surface area (Å²) < 4.78 is 0. The van der Waals surface area contributed by atoms with Gasteiger partial charge < -0.3 is 4.90 Å². The predicted octanol–water partition coefficient (Wildman–Crippen LogP) is 2.50. The average molecular weight is 242 g/mol. The summed E-state index contributed by atoms with van der Waals surface area (Å²) in [6.45, 7) is 2.96. The molecule has 0 unspecified atom stereocenters. The van der Waals surface area contributed by atoms with E-state index in [1.165, 1.54) is 0 Å².